The van der Waals surface area contributed by atoms with Crippen LogP contribution in [-0.2, 0) is 4.79 Å². The number of nitrogens with zero attached hydrogens (tertiary/aromatic N) is 2. The summed E-state index contributed by atoms with van der Waals surface area (Å²) < 4.78 is 0. The molecule has 20 heavy (non-hydrogen) atoms. The van der Waals surface area contributed by atoms with Crippen LogP contribution in [0.1, 0.15) is 37.1 Å². The zero-order chi connectivity index (χ0) is 15.3. The van der Waals surface area contributed by atoms with Gasteiger partial charge < -0.3 is 0 Å². The highest BCUT2D eigenvalue weighted by molar-refractivity contribution is 6.22. The van der Waals surface area contributed by atoms with E-state index in [4.69, 9.17) is 11.6 Å². The van der Waals surface area contributed by atoms with Gasteiger partial charge in [0, 0.05) is 25.0 Å². The van der Waals surface area contributed by atoms with Crippen molar-refractivity contribution in [3.8, 4) is 0 Å². The molecule has 1 rings (SSSR count). The van der Waals surface area contributed by atoms with Gasteiger partial charge in [-0.25, -0.2) is 0 Å². The van der Waals surface area contributed by atoms with Gasteiger partial charge in [-0.3, -0.25) is 25.0 Å². The van der Waals surface area contributed by atoms with E-state index in [0.29, 0.717) is 18.4 Å². The molecule has 0 bridgehead atoms. The maximum atomic E-state index is 11.5. The SMILES string of the molecule is CCCC(=O)CC(Cl)c1ccc([N+](=O)[O-])c([N+](=O)[O-])c1. The molecule has 0 saturated carbocycles. The average molecular weight is 301 g/mol. The molecule has 0 heterocycles. The zero-order valence-electron chi connectivity index (χ0n) is 10.7. The van der Waals surface area contributed by atoms with Crippen molar-refractivity contribution in [2.24, 2.45) is 0 Å². The van der Waals surface area contributed by atoms with E-state index in [0.717, 1.165) is 12.1 Å². The highest BCUT2D eigenvalue weighted by atomic mass is 35.5. The molecule has 0 radical (unpaired) electrons. The largest absolute Gasteiger partial charge is 0.346 e. The van der Waals surface area contributed by atoms with Gasteiger partial charge in [0.25, 0.3) is 0 Å². The van der Waals surface area contributed by atoms with Crippen molar-refractivity contribution in [1.82, 2.24) is 0 Å². The topological polar surface area (TPSA) is 103 Å². The number of carbonyl (C=O) groups is 1. The second kappa shape index (κ2) is 6.95. The number of alkyl halides is 1. The van der Waals surface area contributed by atoms with Gasteiger partial charge in [0.15, 0.2) is 0 Å². The van der Waals surface area contributed by atoms with E-state index in [2.05, 4.69) is 0 Å². The van der Waals surface area contributed by atoms with Gasteiger partial charge in [-0.15, -0.1) is 11.6 Å². The van der Waals surface area contributed by atoms with Gasteiger partial charge in [-0.2, -0.15) is 0 Å². The van der Waals surface area contributed by atoms with Gasteiger partial charge in [0.05, 0.1) is 15.2 Å². The number of hydrogen-bond acceptors (Lipinski definition) is 5. The van der Waals surface area contributed by atoms with Crippen LogP contribution in [-0.4, -0.2) is 15.6 Å². The molecule has 0 fully saturated rings. The monoisotopic (exact) mass is 300 g/mol. The summed E-state index contributed by atoms with van der Waals surface area (Å²) in [7, 11) is 0. The molecule has 7 nitrogen and oxygen atoms in total. The molecule has 108 valence electrons. The lowest BCUT2D eigenvalue weighted by Gasteiger charge is -2.08. The van der Waals surface area contributed by atoms with Crippen molar-refractivity contribution >= 4 is 28.8 Å². The first-order valence-electron chi connectivity index (χ1n) is 5.95. The number of halogens is 1. The first kappa shape index (κ1) is 16.0. The average Bonchev–Trinajstić information content (AvgIpc) is 2.37. The van der Waals surface area contributed by atoms with Crippen LogP contribution in [0.2, 0.25) is 0 Å². The van der Waals surface area contributed by atoms with Crippen molar-refractivity contribution in [2.45, 2.75) is 31.6 Å². The van der Waals surface area contributed by atoms with Crippen LogP contribution in [0.3, 0.4) is 0 Å². The van der Waals surface area contributed by atoms with Crippen LogP contribution in [0.4, 0.5) is 11.4 Å². The van der Waals surface area contributed by atoms with Crippen molar-refractivity contribution in [3.05, 3.63) is 44.0 Å². The smallest absolute Gasteiger partial charge is 0.300 e. The lowest BCUT2D eigenvalue weighted by Crippen LogP contribution is -2.04. The predicted octanol–water partition coefficient (Wildman–Crippen LogP) is 3.54. The number of carbonyl (C=O) groups excluding carboxylic acids is 1. The highest BCUT2D eigenvalue weighted by Gasteiger charge is 2.26. The van der Waals surface area contributed by atoms with Crippen LogP contribution < -0.4 is 0 Å². The van der Waals surface area contributed by atoms with E-state index < -0.39 is 26.6 Å². The molecule has 0 amide bonds. The second-order valence-electron chi connectivity index (χ2n) is 4.22. The fourth-order valence-electron chi connectivity index (χ4n) is 1.73. The van der Waals surface area contributed by atoms with Crippen LogP contribution >= 0.6 is 11.6 Å². The minimum atomic E-state index is -0.834. The summed E-state index contributed by atoms with van der Waals surface area (Å²) in [6, 6.07) is 3.42. The van der Waals surface area contributed by atoms with Gasteiger partial charge >= 0.3 is 11.4 Å². The molecule has 0 N–H and O–H groups in total. The van der Waals surface area contributed by atoms with E-state index in [1.165, 1.54) is 6.07 Å². The van der Waals surface area contributed by atoms with Crippen LogP contribution in [0.25, 0.3) is 0 Å². The molecule has 1 aromatic rings. The first-order valence-corrected chi connectivity index (χ1v) is 6.39. The molecule has 1 atom stereocenters. The summed E-state index contributed by atoms with van der Waals surface area (Å²) in [4.78, 5) is 31.3. The van der Waals surface area contributed by atoms with Crippen LogP contribution in [0.15, 0.2) is 18.2 Å². The normalized spacial score (nSPS) is 11.9. The summed E-state index contributed by atoms with van der Waals surface area (Å²) in [6.45, 7) is 1.86. The Bertz CT molecular complexity index is 547. The molecular weight excluding hydrogens is 288 g/mol. The van der Waals surface area contributed by atoms with Crippen LogP contribution in [0, 0.1) is 20.2 Å². The molecule has 0 aliphatic carbocycles. The molecule has 0 aliphatic heterocycles. The Labute approximate surface area is 119 Å². The molecule has 0 saturated heterocycles. The van der Waals surface area contributed by atoms with Crippen molar-refractivity contribution in [3.63, 3.8) is 0 Å². The fraction of sp³-hybridized carbons (Fsp3) is 0.417. The summed E-state index contributed by atoms with van der Waals surface area (Å²) in [6.07, 6.45) is 1.13. The summed E-state index contributed by atoms with van der Waals surface area (Å²) in [5, 5.41) is 20.8. The zero-order valence-corrected chi connectivity index (χ0v) is 11.5. The molecule has 0 aromatic heterocycles. The Morgan fingerprint density at radius 1 is 1.25 bits per heavy atom. The summed E-state index contributed by atoms with van der Waals surface area (Å²) in [5.74, 6) is -0.0477. The molecule has 0 aliphatic rings. The Balaban J connectivity index is 3.02. The standard InChI is InChI=1S/C12H13ClN2O5/c1-2-3-9(16)7-10(13)8-4-5-11(14(17)18)12(6-8)15(19)20/h4-6,10H,2-3,7H2,1H3. The summed E-state index contributed by atoms with van der Waals surface area (Å²) >= 11 is 6.03. The minimum Gasteiger partial charge on any atom is -0.300 e. The third kappa shape index (κ3) is 3.99. The lowest BCUT2D eigenvalue weighted by molar-refractivity contribution is -0.422. The number of rotatable bonds is 7. The second-order valence-corrected chi connectivity index (χ2v) is 4.75. The molecular formula is C12H13ClN2O5. The van der Waals surface area contributed by atoms with E-state index >= 15 is 0 Å². The molecule has 1 aromatic carbocycles. The number of nitro benzene ring substituents is 2. The third-order valence-electron chi connectivity index (χ3n) is 2.69. The molecule has 8 heteroatoms. The Morgan fingerprint density at radius 2 is 1.85 bits per heavy atom. The van der Waals surface area contributed by atoms with E-state index in [1.54, 1.807) is 0 Å². The number of hydrogen-bond donors (Lipinski definition) is 0. The molecule has 1 unspecified atom stereocenters. The van der Waals surface area contributed by atoms with Crippen molar-refractivity contribution < 1.29 is 14.6 Å². The van der Waals surface area contributed by atoms with E-state index in [9.17, 15) is 25.0 Å². The van der Waals surface area contributed by atoms with Crippen LogP contribution in [0.5, 0.6) is 0 Å². The van der Waals surface area contributed by atoms with Crippen molar-refractivity contribution in [1.29, 1.82) is 0 Å². The first-order chi connectivity index (χ1) is 9.36. The number of benzene rings is 1. The van der Waals surface area contributed by atoms with E-state index in [-0.39, 0.29) is 12.2 Å². The number of ketones is 1. The quantitative estimate of drug-likeness (QED) is 0.435. The number of Topliss-reactive ketones (excluding diaryl/α,β-unsaturated/α-hetero) is 1. The Kier molecular flexibility index (Phi) is 5.57. The number of nitro groups is 2. The van der Waals surface area contributed by atoms with E-state index in [1.807, 2.05) is 6.92 Å². The molecule has 0 spiro atoms. The van der Waals surface area contributed by atoms with Gasteiger partial charge in [-0.05, 0) is 12.0 Å². The van der Waals surface area contributed by atoms with Gasteiger partial charge in [0.2, 0.25) is 0 Å². The van der Waals surface area contributed by atoms with Gasteiger partial charge in [-0.1, -0.05) is 13.0 Å². The fourth-order valence-corrected chi connectivity index (χ4v) is 2.04. The lowest BCUT2D eigenvalue weighted by atomic mass is 10.0. The maximum Gasteiger partial charge on any atom is 0.346 e. The Morgan fingerprint density at radius 3 is 2.35 bits per heavy atom. The minimum absolute atomic E-state index is 0.0460. The maximum absolute atomic E-state index is 11.5. The van der Waals surface area contributed by atoms with Crippen molar-refractivity contribution in [2.75, 3.05) is 0 Å². The highest BCUT2D eigenvalue weighted by Crippen LogP contribution is 2.33. The van der Waals surface area contributed by atoms with Gasteiger partial charge in [0.1, 0.15) is 5.78 Å². The predicted molar refractivity (Wildman–Crippen MR) is 72.9 cm³/mol. The third-order valence-corrected chi connectivity index (χ3v) is 3.10. The summed E-state index contributed by atoms with van der Waals surface area (Å²) in [5.41, 5.74) is -0.892. The Hall–Kier alpha value is -2.02.